The largest absolute Gasteiger partial charge is 0.550 e. The molecule has 2 aromatic carbocycles. The van der Waals surface area contributed by atoms with Gasteiger partial charge in [0.15, 0.2) is 0 Å². The number of aromatic nitrogens is 1. The highest BCUT2D eigenvalue weighted by Gasteiger charge is 2.37. The normalized spacial score (nSPS) is 19.0. The summed E-state index contributed by atoms with van der Waals surface area (Å²) in [5, 5.41) is 11.6. The lowest BCUT2D eigenvalue weighted by Crippen LogP contribution is -2.34. The number of nitrogens with zero attached hydrogens (tertiary/aromatic N) is 1. The van der Waals surface area contributed by atoms with Crippen LogP contribution in [0.1, 0.15) is 54.9 Å². The van der Waals surface area contributed by atoms with Crippen LogP contribution in [0.3, 0.4) is 0 Å². The summed E-state index contributed by atoms with van der Waals surface area (Å²) in [4.78, 5) is 15.7. The molecule has 1 aliphatic heterocycles. The van der Waals surface area contributed by atoms with Crippen molar-refractivity contribution in [1.29, 1.82) is 0 Å². The van der Waals surface area contributed by atoms with Crippen molar-refractivity contribution >= 4 is 5.97 Å². The molecule has 0 spiro atoms. The Morgan fingerprint density at radius 2 is 1.91 bits per heavy atom. The number of benzene rings is 2. The quantitative estimate of drug-likeness (QED) is 0.504. The van der Waals surface area contributed by atoms with E-state index < -0.39 is 18.0 Å². The molecule has 3 aromatic rings. The summed E-state index contributed by atoms with van der Waals surface area (Å²) in [5.74, 6) is -0.451. The highest BCUT2D eigenvalue weighted by atomic mass is 19.1. The fourth-order valence-electron chi connectivity index (χ4n) is 5.05. The standard InChI is InChI=1S/C28H28FNO4/c1-16(28(31)32)27(18-4-5-18)21-6-3-17-8-10-24(34-25(17)14-21)22-9-7-19(13-23(22)29)20-11-12-30-26(15-20)33-2/h3,6-7,9,11-16,18,24,27H,4-5,8,10H2,1-2H3,(H,31,32)/p-1/t16-,24-,27-/m0/s1. The van der Waals surface area contributed by atoms with E-state index in [1.54, 1.807) is 32.4 Å². The van der Waals surface area contributed by atoms with E-state index in [1.807, 2.05) is 30.3 Å². The van der Waals surface area contributed by atoms with E-state index in [1.165, 1.54) is 6.07 Å². The molecule has 1 saturated carbocycles. The Labute approximate surface area is 198 Å². The Kier molecular flexibility index (Phi) is 5.98. The number of halogens is 1. The number of aryl methyl sites for hydroxylation is 1. The lowest BCUT2D eigenvalue weighted by Gasteiger charge is -2.30. The summed E-state index contributed by atoms with van der Waals surface area (Å²) in [7, 11) is 1.55. The van der Waals surface area contributed by atoms with Crippen LogP contribution >= 0.6 is 0 Å². The van der Waals surface area contributed by atoms with Gasteiger partial charge in [-0.1, -0.05) is 31.2 Å². The van der Waals surface area contributed by atoms with E-state index in [0.29, 0.717) is 29.5 Å². The third-order valence-electron chi connectivity index (χ3n) is 7.09. The van der Waals surface area contributed by atoms with Crippen LogP contribution in [0.5, 0.6) is 11.6 Å². The molecule has 2 heterocycles. The number of pyridine rings is 1. The predicted molar refractivity (Wildman–Crippen MR) is 124 cm³/mol. The van der Waals surface area contributed by atoms with Crippen LogP contribution in [0, 0.1) is 17.7 Å². The average Bonchev–Trinajstić information content (AvgIpc) is 3.68. The van der Waals surface area contributed by atoms with Crippen molar-refractivity contribution in [3.63, 3.8) is 0 Å². The number of hydrogen-bond acceptors (Lipinski definition) is 5. The molecule has 0 saturated heterocycles. The van der Waals surface area contributed by atoms with E-state index in [-0.39, 0.29) is 11.7 Å². The first-order valence-corrected chi connectivity index (χ1v) is 11.7. The summed E-state index contributed by atoms with van der Waals surface area (Å²) in [6.07, 6.45) is 4.74. The van der Waals surface area contributed by atoms with E-state index in [4.69, 9.17) is 9.47 Å². The molecule has 1 aromatic heterocycles. The Morgan fingerprint density at radius 1 is 1.12 bits per heavy atom. The number of carbonyl (C=O) groups is 1. The highest BCUT2D eigenvalue weighted by molar-refractivity contribution is 5.69. The number of methoxy groups -OCH3 is 1. The first-order chi connectivity index (χ1) is 16.4. The van der Waals surface area contributed by atoms with Crippen molar-refractivity contribution in [3.8, 4) is 22.8 Å². The summed E-state index contributed by atoms with van der Waals surface area (Å²) < 4.78 is 26.6. The number of hydrogen-bond donors (Lipinski definition) is 0. The second kappa shape index (κ2) is 9.09. The third kappa shape index (κ3) is 4.37. The lowest BCUT2D eigenvalue weighted by atomic mass is 9.82. The average molecular weight is 461 g/mol. The van der Waals surface area contributed by atoms with Crippen LogP contribution in [0.2, 0.25) is 0 Å². The van der Waals surface area contributed by atoms with Crippen molar-refractivity contribution < 1.29 is 23.8 Å². The molecule has 2 aliphatic rings. The zero-order chi connectivity index (χ0) is 23.8. The van der Waals surface area contributed by atoms with Gasteiger partial charge in [0, 0.05) is 29.7 Å². The Hall–Kier alpha value is -3.41. The van der Waals surface area contributed by atoms with Gasteiger partial charge in [0.25, 0.3) is 0 Å². The maximum atomic E-state index is 15.2. The Balaban J connectivity index is 1.40. The summed E-state index contributed by atoms with van der Waals surface area (Å²) in [6, 6.07) is 14.8. The summed E-state index contributed by atoms with van der Waals surface area (Å²) in [5.41, 5.74) is 4.11. The van der Waals surface area contributed by atoms with Crippen molar-refractivity contribution in [2.45, 2.75) is 44.6 Å². The first kappa shape index (κ1) is 22.4. The molecule has 0 radical (unpaired) electrons. The van der Waals surface area contributed by atoms with Crippen LogP contribution < -0.4 is 14.6 Å². The fourth-order valence-corrected chi connectivity index (χ4v) is 5.05. The van der Waals surface area contributed by atoms with Gasteiger partial charge in [-0.3, -0.25) is 0 Å². The molecule has 0 N–H and O–H groups in total. The van der Waals surface area contributed by atoms with Gasteiger partial charge in [-0.2, -0.15) is 0 Å². The molecular weight excluding hydrogens is 433 g/mol. The topological polar surface area (TPSA) is 71.5 Å². The minimum atomic E-state index is -1.03. The monoisotopic (exact) mass is 460 g/mol. The Bertz CT molecular complexity index is 1220. The smallest absolute Gasteiger partial charge is 0.213 e. The van der Waals surface area contributed by atoms with Crippen molar-refractivity contribution in [2.24, 2.45) is 11.8 Å². The zero-order valence-electron chi connectivity index (χ0n) is 19.3. The molecule has 34 heavy (non-hydrogen) atoms. The fraction of sp³-hybridized carbons (Fsp3) is 0.357. The summed E-state index contributed by atoms with van der Waals surface area (Å²) >= 11 is 0. The van der Waals surface area contributed by atoms with Crippen molar-refractivity contribution in [1.82, 2.24) is 4.98 Å². The van der Waals surface area contributed by atoms with Gasteiger partial charge < -0.3 is 19.4 Å². The predicted octanol–water partition coefficient (Wildman–Crippen LogP) is 4.84. The number of rotatable bonds is 7. The molecule has 5 rings (SSSR count). The molecule has 0 bridgehead atoms. The number of carboxylic acid groups (broad SMARTS) is 1. The molecule has 0 unspecified atom stereocenters. The van der Waals surface area contributed by atoms with Crippen LogP contribution in [0.15, 0.2) is 54.7 Å². The van der Waals surface area contributed by atoms with E-state index in [2.05, 4.69) is 4.98 Å². The summed E-state index contributed by atoms with van der Waals surface area (Å²) in [6.45, 7) is 1.72. The minimum absolute atomic E-state index is 0.0901. The van der Waals surface area contributed by atoms with Gasteiger partial charge in [0.05, 0.1) is 7.11 Å². The van der Waals surface area contributed by atoms with E-state index in [9.17, 15) is 9.90 Å². The maximum Gasteiger partial charge on any atom is 0.213 e. The van der Waals surface area contributed by atoms with Gasteiger partial charge in [-0.15, -0.1) is 0 Å². The molecule has 3 atom stereocenters. The maximum absolute atomic E-state index is 15.2. The molecule has 0 amide bonds. The van der Waals surface area contributed by atoms with Gasteiger partial charge in [-0.25, -0.2) is 9.37 Å². The van der Waals surface area contributed by atoms with Gasteiger partial charge in [-0.05, 0) is 78.0 Å². The molecule has 5 nitrogen and oxygen atoms in total. The van der Waals surface area contributed by atoms with E-state index in [0.717, 1.165) is 41.5 Å². The van der Waals surface area contributed by atoms with Crippen molar-refractivity contribution in [3.05, 3.63) is 77.2 Å². The molecule has 1 fully saturated rings. The van der Waals surface area contributed by atoms with Gasteiger partial charge >= 0.3 is 0 Å². The minimum Gasteiger partial charge on any atom is -0.550 e. The Morgan fingerprint density at radius 3 is 2.62 bits per heavy atom. The number of ether oxygens (including phenoxy) is 2. The first-order valence-electron chi connectivity index (χ1n) is 11.7. The SMILES string of the molecule is COc1cc(-c2ccc([C@@H]3CCc4ccc([C@H](C5CC5)[C@H](C)C(=O)[O-])cc4O3)c(F)c2)ccn1. The van der Waals surface area contributed by atoms with Crippen LogP contribution in [-0.2, 0) is 11.2 Å². The third-order valence-corrected chi connectivity index (χ3v) is 7.09. The molecular formula is C28H27FNO4-. The van der Waals surface area contributed by atoms with Crippen molar-refractivity contribution in [2.75, 3.05) is 7.11 Å². The van der Waals surface area contributed by atoms with E-state index >= 15 is 4.39 Å². The molecule has 6 heteroatoms. The van der Waals surface area contributed by atoms with Crippen LogP contribution in [-0.4, -0.2) is 18.1 Å². The number of carbonyl (C=O) groups excluding carboxylic acids is 1. The zero-order valence-corrected chi connectivity index (χ0v) is 19.3. The molecule has 176 valence electrons. The number of carboxylic acids is 1. The number of aliphatic carboxylic acids is 1. The van der Waals surface area contributed by atoms with Gasteiger partial charge in [0.1, 0.15) is 17.7 Å². The highest BCUT2D eigenvalue weighted by Crippen LogP contribution is 2.48. The second-order valence-electron chi connectivity index (χ2n) is 9.31. The second-order valence-corrected chi connectivity index (χ2v) is 9.31. The lowest BCUT2D eigenvalue weighted by molar-refractivity contribution is -0.311. The van der Waals surface area contributed by atoms with Gasteiger partial charge in [0.2, 0.25) is 5.88 Å². The van der Waals surface area contributed by atoms with Crippen LogP contribution in [0.25, 0.3) is 11.1 Å². The molecule has 1 aliphatic carbocycles. The van der Waals surface area contributed by atoms with Crippen LogP contribution in [0.4, 0.5) is 4.39 Å². The number of fused-ring (bicyclic) bond motifs is 1.